The van der Waals surface area contributed by atoms with Gasteiger partial charge in [0.1, 0.15) is 0 Å². The Morgan fingerprint density at radius 1 is 1.06 bits per heavy atom. The normalized spacial score (nSPS) is 11.8. The van der Waals surface area contributed by atoms with Gasteiger partial charge in [-0.2, -0.15) is 0 Å². The van der Waals surface area contributed by atoms with Gasteiger partial charge in [-0.05, 0) is 42.3 Å². The molecule has 4 rings (SSSR count). The first-order valence-electron chi connectivity index (χ1n) is 10.7. The summed E-state index contributed by atoms with van der Waals surface area (Å²) >= 11 is 0. The number of benzene rings is 3. The van der Waals surface area contributed by atoms with Gasteiger partial charge in [-0.3, -0.25) is 14.9 Å². The number of hydrogen-bond acceptors (Lipinski definition) is 4. The molecule has 2 N–H and O–H groups in total. The molecular weight excluding hydrogens is 416 g/mol. The summed E-state index contributed by atoms with van der Waals surface area (Å²) in [5.41, 5.74) is 4.88. The average Bonchev–Trinajstić information content (AvgIpc) is 3.23. The second-order valence-electron chi connectivity index (χ2n) is 8.24. The first-order chi connectivity index (χ1) is 15.9. The van der Waals surface area contributed by atoms with Crippen molar-refractivity contribution in [1.29, 1.82) is 0 Å². The van der Waals surface area contributed by atoms with Crippen LogP contribution in [0.15, 0.2) is 72.9 Å². The first-order valence-corrected chi connectivity index (χ1v) is 10.7. The number of nitrogens with one attached hydrogen (secondary N) is 2. The van der Waals surface area contributed by atoms with Gasteiger partial charge in [-0.15, -0.1) is 0 Å². The Bertz CT molecular complexity index is 1310. The van der Waals surface area contributed by atoms with Gasteiger partial charge in [0, 0.05) is 66.5 Å². The summed E-state index contributed by atoms with van der Waals surface area (Å²) in [5.74, 6) is -0.425. The molecule has 0 radical (unpaired) electrons. The van der Waals surface area contributed by atoms with Crippen molar-refractivity contribution in [3.63, 3.8) is 0 Å². The molecule has 7 heteroatoms. The number of anilines is 1. The van der Waals surface area contributed by atoms with Crippen molar-refractivity contribution in [3.05, 3.63) is 105 Å². The van der Waals surface area contributed by atoms with Crippen LogP contribution in [-0.4, -0.2) is 36.5 Å². The zero-order valence-corrected chi connectivity index (χ0v) is 18.8. The zero-order valence-electron chi connectivity index (χ0n) is 18.8. The van der Waals surface area contributed by atoms with Gasteiger partial charge in [0.25, 0.3) is 11.6 Å². The lowest BCUT2D eigenvalue weighted by Gasteiger charge is -2.20. The van der Waals surface area contributed by atoms with Crippen LogP contribution in [0.1, 0.15) is 33.0 Å². The van der Waals surface area contributed by atoms with Gasteiger partial charge in [0.2, 0.25) is 0 Å². The molecule has 7 nitrogen and oxygen atoms in total. The van der Waals surface area contributed by atoms with E-state index in [0.717, 1.165) is 27.7 Å². The van der Waals surface area contributed by atoms with Gasteiger partial charge < -0.3 is 15.2 Å². The van der Waals surface area contributed by atoms with Crippen molar-refractivity contribution < 1.29 is 9.72 Å². The lowest BCUT2D eigenvalue weighted by atomic mass is 9.90. The minimum absolute atomic E-state index is 0.0601. The molecule has 0 aliphatic heterocycles. The number of nitro groups is 1. The van der Waals surface area contributed by atoms with Gasteiger partial charge in [0.15, 0.2) is 0 Å². The maximum absolute atomic E-state index is 13.0. The Morgan fingerprint density at radius 3 is 2.48 bits per heavy atom. The molecule has 168 valence electrons. The number of amides is 1. The highest BCUT2D eigenvalue weighted by molar-refractivity contribution is 5.96. The maximum atomic E-state index is 13.0. The number of H-pyrrole nitrogens is 1. The van der Waals surface area contributed by atoms with Gasteiger partial charge in [-0.25, -0.2) is 0 Å². The van der Waals surface area contributed by atoms with Crippen LogP contribution in [0.3, 0.4) is 0 Å². The van der Waals surface area contributed by atoms with Crippen molar-refractivity contribution >= 4 is 28.2 Å². The van der Waals surface area contributed by atoms with Crippen molar-refractivity contribution in [2.24, 2.45) is 0 Å². The van der Waals surface area contributed by atoms with Crippen molar-refractivity contribution in [2.45, 2.75) is 12.8 Å². The maximum Gasteiger partial charge on any atom is 0.273 e. The Kier molecular flexibility index (Phi) is 6.13. The number of fused-ring (bicyclic) bond motifs is 1. The Hall–Kier alpha value is -4.13. The number of para-hydroxylation sites is 1. The summed E-state index contributed by atoms with van der Waals surface area (Å²) in [7, 11) is 3.99. The molecule has 1 atom stereocenters. The molecule has 0 aliphatic rings. The fourth-order valence-electron chi connectivity index (χ4n) is 4.15. The Labute approximate surface area is 192 Å². The molecule has 1 amide bonds. The molecule has 1 heterocycles. The molecule has 1 aromatic heterocycles. The molecule has 0 bridgehead atoms. The van der Waals surface area contributed by atoms with E-state index in [9.17, 15) is 14.9 Å². The summed E-state index contributed by atoms with van der Waals surface area (Å²) in [5, 5.41) is 15.4. The molecule has 0 saturated carbocycles. The van der Waals surface area contributed by atoms with Crippen LogP contribution >= 0.6 is 0 Å². The molecule has 0 spiro atoms. The van der Waals surface area contributed by atoms with E-state index in [1.807, 2.05) is 43.4 Å². The monoisotopic (exact) mass is 442 g/mol. The third-order valence-corrected chi connectivity index (χ3v) is 6.02. The highest BCUT2D eigenvalue weighted by atomic mass is 16.6. The molecule has 4 aromatic rings. The quantitative estimate of drug-likeness (QED) is 0.311. The van der Waals surface area contributed by atoms with E-state index in [1.54, 1.807) is 13.0 Å². The minimum Gasteiger partial charge on any atom is -0.378 e. The SMILES string of the molecule is Cc1c(C(=O)NCC(c2ccc(N(C)C)cc2)c2c[nH]c3ccccc23)cccc1[N+](=O)[O-]. The summed E-state index contributed by atoms with van der Waals surface area (Å²) in [6, 6.07) is 20.9. The lowest BCUT2D eigenvalue weighted by Crippen LogP contribution is -2.29. The van der Waals surface area contributed by atoms with E-state index in [1.165, 1.54) is 12.1 Å². The van der Waals surface area contributed by atoms with Crippen LogP contribution in [0.25, 0.3) is 10.9 Å². The highest BCUT2D eigenvalue weighted by Crippen LogP contribution is 2.31. The molecule has 0 aliphatic carbocycles. The van der Waals surface area contributed by atoms with E-state index >= 15 is 0 Å². The molecule has 1 unspecified atom stereocenters. The van der Waals surface area contributed by atoms with Crippen molar-refractivity contribution in [1.82, 2.24) is 10.3 Å². The predicted molar refractivity (Wildman–Crippen MR) is 131 cm³/mol. The number of nitro benzene ring substituents is 1. The fourth-order valence-corrected chi connectivity index (χ4v) is 4.15. The number of nitrogens with zero attached hydrogens (tertiary/aromatic N) is 2. The lowest BCUT2D eigenvalue weighted by molar-refractivity contribution is -0.385. The van der Waals surface area contributed by atoms with Crippen molar-refractivity contribution in [2.75, 3.05) is 25.5 Å². The molecule has 0 saturated heterocycles. The Balaban J connectivity index is 1.67. The van der Waals surface area contributed by atoms with Crippen LogP contribution in [0.2, 0.25) is 0 Å². The fraction of sp³-hybridized carbons (Fsp3) is 0.192. The van der Waals surface area contributed by atoms with Crippen LogP contribution in [0, 0.1) is 17.0 Å². The third kappa shape index (κ3) is 4.43. The second-order valence-corrected chi connectivity index (χ2v) is 8.24. The summed E-state index contributed by atoms with van der Waals surface area (Å²) in [4.78, 5) is 29.2. The topological polar surface area (TPSA) is 91.3 Å². The number of rotatable bonds is 7. The standard InChI is InChI=1S/C26H26N4O3/c1-17-20(8-6-10-25(17)30(32)33)26(31)28-15-22(18-11-13-19(14-12-18)29(2)3)23-16-27-24-9-5-4-7-21(23)24/h4-14,16,22,27H,15H2,1-3H3,(H,28,31). The predicted octanol–water partition coefficient (Wildman–Crippen LogP) is 5.01. The third-order valence-electron chi connectivity index (χ3n) is 6.02. The number of hydrogen-bond donors (Lipinski definition) is 2. The first kappa shape index (κ1) is 22.1. The van der Waals surface area contributed by atoms with E-state index in [0.29, 0.717) is 17.7 Å². The van der Waals surface area contributed by atoms with E-state index in [2.05, 4.69) is 40.6 Å². The smallest absolute Gasteiger partial charge is 0.273 e. The van der Waals surface area contributed by atoms with Crippen LogP contribution in [-0.2, 0) is 0 Å². The van der Waals surface area contributed by atoms with Crippen LogP contribution in [0.4, 0.5) is 11.4 Å². The average molecular weight is 443 g/mol. The van der Waals surface area contributed by atoms with Crippen LogP contribution in [0.5, 0.6) is 0 Å². The summed E-state index contributed by atoms with van der Waals surface area (Å²) in [6.45, 7) is 1.95. The summed E-state index contributed by atoms with van der Waals surface area (Å²) < 4.78 is 0. The molecular formula is C26H26N4O3. The zero-order chi connectivity index (χ0) is 23.5. The number of aromatic amines is 1. The number of carbonyl (C=O) groups is 1. The summed E-state index contributed by atoms with van der Waals surface area (Å²) in [6.07, 6.45) is 1.99. The largest absolute Gasteiger partial charge is 0.378 e. The second kappa shape index (κ2) is 9.16. The minimum atomic E-state index is -0.465. The van der Waals surface area contributed by atoms with E-state index in [4.69, 9.17) is 0 Å². The molecule has 33 heavy (non-hydrogen) atoms. The molecule has 3 aromatic carbocycles. The molecule has 0 fully saturated rings. The van der Waals surface area contributed by atoms with Gasteiger partial charge in [0.05, 0.1) is 4.92 Å². The number of carbonyl (C=O) groups excluding carboxylic acids is 1. The van der Waals surface area contributed by atoms with E-state index in [-0.39, 0.29) is 17.5 Å². The Morgan fingerprint density at radius 2 is 1.79 bits per heavy atom. The van der Waals surface area contributed by atoms with Gasteiger partial charge >= 0.3 is 0 Å². The van der Waals surface area contributed by atoms with E-state index < -0.39 is 4.92 Å². The highest BCUT2D eigenvalue weighted by Gasteiger charge is 2.22. The van der Waals surface area contributed by atoms with Gasteiger partial charge in [-0.1, -0.05) is 36.4 Å². The van der Waals surface area contributed by atoms with Crippen molar-refractivity contribution in [3.8, 4) is 0 Å². The number of aromatic nitrogens is 1. The van der Waals surface area contributed by atoms with Crippen LogP contribution < -0.4 is 10.2 Å².